The molecule has 5 nitrogen and oxygen atoms in total. The Balaban J connectivity index is 2.43. The molecule has 0 radical (unpaired) electrons. The summed E-state index contributed by atoms with van der Waals surface area (Å²) in [6.45, 7) is 4.87. The summed E-state index contributed by atoms with van der Waals surface area (Å²) in [6.07, 6.45) is 2.01. The van der Waals surface area contributed by atoms with Gasteiger partial charge in [-0.25, -0.2) is 4.98 Å². The van der Waals surface area contributed by atoms with Crippen molar-refractivity contribution in [3.63, 3.8) is 0 Å². The van der Waals surface area contributed by atoms with Crippen molar-refractivity contribution >= 4 is 11.5 Å². The largest absolute Gasteiger partial charge is 0.389 e. The van der Waals surface area contributed by atoms with Gasteiger partial charge in [-0.1, -0.05) is 6.07 Å². The molecule has 2 aromatic rings. The summed E-state index contributed by atoms with van der Waals surface area (Å²) >= 11 is 0. The summed E-state index contributed by atoms with van der Waals surface area (Å²) in [6, 6.07) is 5.96. The minimum atomic E-state index is -0.749. The zero-order valence-corrected chi connectivity index (χ0v) is 12.0. The van der Waals surface area contributed by atoms with Gasteiger partial charge in [0.2, 0.25) is 0 Å². The van der Waals surface area contributed by atoms with Gasteiger partial charge in [0.15, 0.2) is 5.82 Å². The summed E-state index contributed by atoms with van der Waals surface area (Å²) in [5.74, 6) is 0.905. The third kappa shape index (κ3) is 3.05. The Bertz CT molecular complexity index is 556. The van der Waals surface area contributed by atoms with Crippen molar-refractivity contribution in [3.05, 3.63) is 30.1 Å². The minimum absolute atomic E-state index is 0.535. The molecule has 2 N–H and O–H groups in total. The Hall–Kier alpha value is -1.59. The first-order chi connectivity index (χ1) is 8.92. The zero-order chi connectivity index (χ0) is 14.0. The average Bonchev–Trinajstić information content (AvgIpc) is 2.67. The molecule has 2 heterocycles. The Morgan fingerprint density at radius 1 is 1.42 bits per heavy atom. The van der Waals surface area contributed by atoms with E-state index in [-0.39, 0.29) is 0 Å². The molecular weight excluding hydrogens is 240 g/mol. The summed E-state index contributed by atoms with van der Waals surface area (Å²) in [5.41, 5.74) is 1.27. The normalized spacial score (nSPS) is 12.1. The van der Waals surface area contributed by atoms with Crippen LogP contribution in [0.3, 0.4) is 0 Å². The first-order valence-electron chi connectivity index (χ1n) is 6.46. The van der Waals surface area contributed by atoms with Crippen LogP contribution in [0, 0.1) is 0 Å². The number of aliphatic hydroxyl groups is 1. The van der Waals surface area contributed by atoms with Gasteiger partial charge in [-0.15, -0.1) is 0 Å². The molecule has 0 bridgehead atoms. The van der Waals surface area contributed by atoms with E-state index >= 15 is 0 Å². The van der Waals surface area contributed by atoms with Crippen molar-refractivity contribution in [1.82, 2.24) is 14.7 Å². The summed E-state index contributed by atoms with van der Waals surface area (Å²) in [5, 5.41) is 13.1. The lowest BCUT2D eigenvalue weighted by Gasteiger charge is -2.26. The molecule has 19 heavy (non-hydrogen) atoms. The molecule has 0 saturated heterocycles. The topological polar surface area (TPSA) is 52.8 Å². The number of aromatic nitrogens is 2. The van der Waals surface area contributed by atoms with Crippen molar-refractivity contribution in [2.45, 2.75) is 26.0 Å². The second-order valence-corrected chi connectivity index (χ2v) is 5.51. The smallest absolute Gasteiger partial charge is 0.152 e. The molecule has 0 aliphatic rings. The second kappa shape index (κ2) is 5.19. The molecular formula is C14H22N4O. The van der Waals surface area contributed by atoms with Crippen molar-refractivity contribution in [2.75, 3.05) is 25.5 Å². The van der Waals surface area contributed by atoms with E-state index in [0.29, 0.717) is 6.54 Å². The van der Waals surface area contributed by atoms with Crippen molar-refractivity contribution in [1.29, 1.82) is 0 Å². The SMILES string of the molecule is CNCc1c(N(C)CC(C)(C)O)nc2ccccn12. The Morgan fingerprint density at radius 2 is 2.16 bits per heavy atom. The van der Waals surface area contributed by atoms with Gasteiger partial charge in [-0.3, -0.25) is 0 Å². The Morgan fingerprint density at radius 3 is 2.79 bits per heavy atom. The summed E-state index contributed by atoms with van der Waals surface area (Å²) in [7, 11) is 3.88. The Labute approximate surface area is 113 Å². The van der Waals surface area contributed by atoms with E-state index in [9.17, 15) is 5.11 Å². The highest BCUT2D eigenvalue weighted by Crippen LogP contribution is 2.22. The number of fused-ring (bicyclic) bond motifs is 1. The molecule has 2 aromatic heterocycles. The van der Waals surface area contributed by atoms with Gasteiger partial charge in [0, 0.05) is 26.3 Å². The van der Waals surface area contributed by atoms with Gasteiger partial charge in [0.1, 0.15) is 5.65 Å². The molecule has 0 unspecified atom stereocenters. The molecule has 0 aliphatic carbocycles. The van der Waals surface area contributed by atoms with E-state index in [1.807, 2.05) is 43.4 Å². The molecule has 0 spiro atoms. The lowest BCUT2D eigenvalue weighted by molar-refractivity contribution is 0.0884. The molecule has 2 rings (SSSR count). The number of imidazole rings is 1. The third-order valence-corrected chi connectivity index (χ3v) is 2.94. The molecule has 104 valence electrons. The van der Waals surface area contributed by atoms with Crippen LogP contribution in [0.2, 0.25) is 0 Å². The van der Waals surface area contributed by atoms with E-state index in [0.717, 1.165) is 23.7 Å². The number of nitrogens with one attached hydrogen (secondary N) is 1. The molecule has 0 aromatic carbocycles. The standard InChI is InChI=1S/C14H22N4O/c1-14(2,19)10-17(4)13-11(9-15-3)18-8-6-5-7-12(18)16-13/h5-8,15,19H,9-10H2,1-4H3. The van der Waals surface area contributed by atoms with E-state index in [4.69, 9.17) is 0 Å². The molecule has 5 heteroatoms. The predicted octanol–water partition coefficient (Wildman–Crippen LogP) is 1.26. The molecule has 0 amide bonds. The summed E-state index contributed by atoms with van der Waals surface area (Å²) < 4.78 is 2.08. The van der Waals surface area contributed by atoms with E-state index < -0.39 is 5.60 Å². The highest BCUT2D eigenvalue weighted by Gasteiger charge is 2.20. The number of pyridine rings is 1. The summed E-state index contributed by atoms with van der Waals surface area (Å²) in [4.78, 5) is 6.65. The van der Waals surface area contributed by atoms with E-state index in [2.05, 4.69) is 14.7 Å². The average molecular weight is 262 g/mol. The fourth-order valence-corrected chi connectivity index (χ4v) is 2.33. The first-order valence-corrected chi connectivity index (χ1v) is 6.46. The number of hydrogen-bond donors (Lipinski definition) is 2. The minimum Gasteiger partial charge on any atom is -0.389 e. The lowest BCUT2D eigenvalue weighted by Crippen LogP contribution is -2.37. The number of anilines is 1. The molecule has 0 atom stereocenters. The van der Waals surface area contributed by atoms with Crippen LogP contribution in [0.25, 0.3) is 5.65 Å². The van der Waals surface area contributed by atoms with Crippen LogP contribution >= 0.6 is 0 Å². The van der Waals surface area contributed by atoms with Gasteiger partial charge >= 0.3 is 0 Å². The van der Waals surface area contributed by atoms with Gasteiger partial charge in [-0.05, 0) is 33.0 Å². The maximum absolute atomic E-state index is 9.95. The van der Waals surface area contributed by atoms with Crippen molar-refractivity contribution in [3.8, 4) is 0 Å². The third-order valence-electron chi connectivity index (χ3n) is 2.94. The van der Waals surface area contributed by atoms with Crippen LogP contribution in [-0.2, 0) is 6.54 Å². The van der Waals surface area contributed by atoms with Crippen LogP contribution in [0.1, 0.15) is 19.5 Å². The quantitative estimate of drug-likeness (QED) is 0.852. The second-order valence-electron chi connectivity index (χ2n) is 5.51. The van der Waals surface area contributed by atoms with Gasteiger partial charge in [0.05, 0.1) is 11.3 Å². The van der Waals surface area contributed by atoms with Gasteiger partial charge in [0.25, 0.3) is 0 Å². The van der Waals surface area contributed by atoms with E-state index in [1.165, 1.54) is 0 Å². The zero-order valence-electron chi connectivity index (χ0n) is 12.0. The van der Waals surface area contributed by atoms with Crippen LogP contribution in [-0.4, -0.2) is 40.7 Å². The van der Waals surface area contributed by atoms with E-state index in [1.54, 1.807) is 13.8 Å². The van der Waals surface area contributed by atoms with Crippen LogP contribution < -0.4 is 10.2 Å². The molecule has 0 fully saturated rings. The highest BCUT2D eigenvalue weighted by atomic mass is 16.3. The number of rotatable bonds is 5. The highest BCUT2D eigenvalue weighted by molar-refractivity contribution is 5.55. The van der Waals surface area contributed by atoms with Crippen LogP contribution in [0.5, 0.6) is 0 Å². The maximum atomic E-state index is 9.95. The van der Waals surface area contributed by atoms with Crippen molar-refractivity contribution in [2.24, 2.45) is 0 Å². The number of hydrogen-bond acceptors (Lipinski definition) is 4. The monoisotopic (exact) mass is 262 g/mol. The molecule has 0 saturated carbocycles. The first kappa shape index (κ1) is 13.8. The Kier molecular flexibility index (Phi) is 3.78. The fraction of sp³-hybridized carbons (Fsp3) is 0.500. The van der Waals surface area contributed by atoms with Crippen LogP contribution in [0.15, 0.2) is 24.4 Å². The predicted molar refractivity (Wildman–Crippen MR) is 77.5 cm³/mol. The maximum Gasteiger partial charge on any atom is 0.152 e. The molecule has 0 aliphatic heterocycles. The van der Waals surface area contributed by atoms with Gasteiger partial charge < -0.3 is 19.7 Å². The van der Waals surface area contributed by atoms with Gasteiger partial charge in [-0.2, -0.15) is 0 Å². The number of nitrogens with zero attached hydrogens (tertiary/aromatic N) is 3. The van der Waals surface area contributed by atoms with Crippen LogP contribution in [0.4, 0.5) is 5.82 Å². The lowest BCUT2D eigenvalue weighted by atomic mass is 10.1. The van der Waals surface area contributed by atoms with Crippen molar-refractivity contribution < 1.29 is 5.11 Å². The fourth-order valence-electron chi connectivity index (χ4n) is 2.33. The number of likely N-dealkylation sites (N-methyl/N-ethyl adjacent to an activating group) is 1.